The number of hydrogen-bond donors (Lipinski definition) is 0. The SMILES string of the molecule is C=Cc1ccc(C(=O)N2CCC(c3ccc(-c4cccc(C)c4C)cc3)CC2)cc1N=C. The van der Waals surface area contributed by atoms with Gasteiger partial charge in [0.05, 0.1) is 5.69 Å². The second-order valence-electron chi connectivity index (χ2n) is 8.57. The number of aryl methyl sites for hydroxylation is 1. The van der Waals surface area contributed by atoms with E-state index in [2.05, 4.69) is 74.6 Å². The molecule has 0 N–H and O–H groups in total. The second-order valence-corrected chi connectivity index (χ2v) is 8.57. The molecule has 3 heteroatoms. The van der Waals surface area contributed by atoms with Gasteiger partial charge in [-0.2, -0.15) is 0 Å². The van der Waals surface area contributed by atoms with Gasteiger partial charge in [-0.1, -0.05) is 61.2 Å². The van der Waals surface area contributed by atoms with E-state index in [0.29, 0.717) is 17.2 Å². The number of likely N-dealkylation sites (tertiary alicyclic amines) is 1. The maximum Gasteiger partial charge on any atom is 0.253 e. The van der Waals surface area contributed by atoms with Crippen LogP contribution in [-0.4, -0.2) is 30.6 Å². The molecule has 4 rings (SSSR count). The van der Waals surface area contributed by atoms with Gasteiger partial charge in [0.25, 0.3) is 5.91 Å². The Morgan fingerprint density at radius 1 is 1.03 bits per heavy atom. The van der Waals surface area contributed by atoms with E-state index in [4.69, 9.17) is 0 Å². The molecule has 32 heavy (non-hydrogen) atoms. The lowest BCUT2D eigenvalue weighted by molar-refractivity contribution is 0.0713. The van der Waals surface area contributed by atoms with Crippen molar-refractivity contribution in [2.24, 2.45) is 4.99 Å². The third-order valence-corrected chi connectivity index (χ3v) is 6.75. The third kappa shape index (κ3) is 4.29. The van der Waals surface area contributed by atoms with Crippen molar-refractivity contribution >= 4 is 24.4 Å². The van der Waals surface area contributed by atoms with E-state index in [-0.39, 0.29) is 5.91 Å². The fourth-order valence-corrected chi connectivity index (χ4v) is 4.58. The zero-order valence-electron chi connectivity index (χ0n) is 19.0. The standard InChI is InChI=1S/C29H30N2O/c1-5-22-9-14-26(19-28(22)30-4)29(32)31-17-15-24(16-18-31)23-10-12-25(13-11-23)27-8-6-7-20(2)21(27)3/h5-14,19,24H,1,4,15-18H2,2-3H3. The average molecular weight is 423 g/mol. The summed E-state index contributed by atoms with van der Waals surface area (Å²) < 4.78 is 0. The topological polar surface area (TPSA) is 32.7 Å². The van der Waals surface area contributed by atoms with E-state index in [1.54, 1.807) is 6.08 Å². The number of rotatable bonds is 5. The van der Waals surface area contributed by atoms with E-state index in [1.165, 1.54) is 27.8 Å². The van der Waals surface area contributed by atoms with Crippen LogP contribution in [0.3, 0.4) is 0 Å². The molecule has 1 fully saturated rings. The normalized spacial score (nSPS) is 14.2. The molecule has 0 unspecified atom stereocenters. The number of carbonyl (C=O) groups is 1. The molecule has 0 radical (unpaired) electrons. The number of hydrogen-bond acceptors (Lipinski definition) is 2. The van der Waals surface area contributed by atoms with Crippen LogP contribution in [0.15, 0.2) is 72.2 Å². The van der Waals surface area contributed by atoms with E-state index in [1.807, 2.05) is 23.1 Å². The van der Waals surface area contributed by atoms with E-state index < -0.39 is 0 Å². The number of carbonyl (C=O) groups excluding carboxylic acids is 1. The van der Waals surface area contributed by atoms with Crippen LogP contribution in [0.4, 0.5) is 5.69 Å². The van der Waals surface area contributed by atoms with Crippen LogP contribution < -0.4 is 0 Å². The lowest BCUT2D eigenvalue weighted by Gasteiger charge is -2.32. The molecular weight excluding hydrogens is 392 g/mol. The highest BCUT2D eigenvalue weighted by molar-refractivity contribution is 5.95. The van der Waals surface area contributed by atoms with E-state index in [9.17, 15) is 4.79 Å². The molecule has 0 atom stereocenters. The van der Waals surface area contributed by atoms with E-state index in [0.717, 1.165) is 31.5 Å². The van der Waals surface area contributed by atoms with Gasteiger partial charge in [0, 0.05) is 18.7 Å². The number of benzene rings is 3. The monoisotopic (exact) mass is 422 g/mol. The highest BCUT2D eigenvalue weighted by Gasteiger charge is 2.25. The predicted octanol–water partition coefficient (Wildman–Crippen LogP) is 6.97. The molecule has 0 spiro atoms. The molecule has 162 valence electrons. The fourth-order valence-electron chi connectivity index (χ4n) is 4.58. The molecule has 3 aromatic rings. The molecular formula is C29H30N2O. The Hall–Kier alpha value is -3.46. The Bertz CT molecular complexity index is 1150. The van der Waals surface area contributed by atoms with E-state index >= 15 is 0 Å². The molecule has 3 aromatic carbocycles. The summed E-state index contributed by atoms with van der Waals surface area (Å²) >= 11 is 0. The van der Waals surface area contributed by atoms with Gasteiger partial charge in [0.15, 0.2) is 0 Å². The van der Waals surface area contributed by atoms with Crippen molar-refractivity contribution in [3.63, 3.8) is 0 Å². The maximum atomic E-state index is 13.0. The van der Waals surface area contributed by atoms with Crippen LogP contribution in [0, 0.1) is 13.8 Å². The van der Waals surface area contributed by atoms with Gasteiger partial charge in [-0.25, -0.2) is 0 Å². The Balaban J connectivity index is 1.42. The molecule has 1 aliphatic heterocycles. The first-order valence-electron chi connectivity index (χ1n) is 11.2. The molecule has 0 aliphatic carbocycles. The molecule has 3 nitrogen and oxygen atoms in total. The van der Waals surface area contributed by atoms with Gasteiger partial charge in [0.2, 0.25) is 0 Å². The third-order valence-electron chi connectivity index (χ3n) is 6.75. The van der Waals surface area contributed by atoms with Crippen molar-refractivity contribution in [3.8, 4) is 11.1 Å². The summed E-state index contributed by atoms with van der Waals surface area (Å²) in [6.07, 6.45) is 3.69. The van der Waals surface area contributed by atoms with Gasteiger partial charge in [-0.05, 0) is 84.8 Å². The molecule has 1 heterocycles. The minimum Gasteiger partial charge on any atom is -0.339 e. The van der Waals surface area contributed by atoms with Crippen LogP contribution in [-0.2, 0) is 0 Å². The summed E-state index contributed by atoms with van der Waals surface area (Å²) in [6, 6.07) is 21.0. The van der Waals surface area contributed by atoms with Crippen molar-refractivity contribution in [3.05, 3.63) is 95.1 Å². The largest absolute Gasteiger partial charge is 0.339 e. The molecule has 0 aromatic heterocycles. The summed E-state index contributed by atoms with van der Waals surface area (Å²) in [4.78, 5) is 19.0. The Labute approximate surface area is 191 Å². The summed E-state index contributed by atoms with van der Waals surface area (Å²) in [5.41, 5.74) is 8.82. The first-order chi connectivity index (χ1) is 15.5. The minimum atomic E-state index is 0.0641. The van der Waals surface area contributed by atoms with Gasteiger partial charge < -0.3 is 4.90 Å². The average Bonchev–Trinajstić information content (AvgIpc) is 2.85. The Morgan fingerprint density at radius 3 is 2.41 bits per heavy atom. The summed E-state index contributed by atoms with van der Waals surface area (Å²) in [5.74, 6) is 0.550. The van der Waals surface area contributed by atoms with Crippen molar-refractivity contribution in [2.75, 3.05) is 13.1 Å². The van der Waals surface area contributed by atoms with Crippen LogP contribution in [0.5, 0.6) is 0 Å². The smallest absolute Gasteiger partial charge is 0.253 e. The lowest BCUT2D eigenvalue weighted by Crippen LogP contribution is -2.37. The second kappa shape index (κ2) is 9.35. The maximum absolute atomic E-state index is 13.0. The zero-order chi connectivity index (χ0) is 22.7. The minimum absolute atomic E-state index is 0.0641. The number of nitrogens with zero attached hydrogens (tertiary/aromatic N) is 2. The van der Waals surface area contributed by atoms with Crippen LogP contribution in [0.1, 0.15) is 51.4 Å². The Morgan fingerprint density at radius 2 is 1.75 bits per heavy atom. The highest BCUT2D eigenvalue weighted by Crippen LogP contribution is 2.32. The molecule has 0 saturated carbocycles. The number of aliphatic imine (C=N–C) groups is 1. The van der Waals surface area contributed by atoms with Crippen LogP contribution >= 0.6 is 0 Å². The van der Waals surface area contributed by atoms with Crippen molar-refractivity contribution in [2.45, 2.75) is 32.6 Å². The molecule has 1 saturated heterocycles. The number of amides is 1. The highest BCUT2D eigenvalue weighted by atomic mass is 16.2. The van der Waals surface area contributed by atoms with Crippen molar-refractivity contribution < 1.29 is 4.79 Å². The fraction of sp³-hybridized carbons (Fsp3) is 0.241. The molecule has 0 bridgehead atoms. The summed E-state index contributed by atoms with van der Waals surface area (Å²) in [6.45, 7) is 13.3. The molecule has 1 aliphatic rings. The first-order valence-corrected chi connectivity index (χ1v) is 11.2. The summed E-state index contributed by atoms with van der Waals surface area (Å²) in [5, 5.41) is 0. The lowest BCUT2D eigenvalue weighted by atomic mass is 9.87. The molecule has 1 amide bonds. The van der Waals surface area contributed by atoms with Crippen LogP contribution in [0.25, 0.3) is 17.2 Å². The quantitative estimate of drug-likeness (QED) is 0.409. The van der Waals surface area contributed by atoms with Gasteiger partial charge in [-0.3, -0.25) is 9.79 Å². The van der Waals surface area contributed by atoms with Crippen molar-refractivity contribution in [1.29, 1.82) is 0 Å². The van der Waals surface area contributed by atoms with Crippen LogP contribution in [0.2, 0.25) is 0 Å². The van der Waals surface area contributed by atoms with Gasteiger partial charge in [-0.15, -0.1) is 0 Å². The van der Waals surface area contributed by atoms with Gasteiger partial charge in [0.1, 0.15) is 0 Å². The Kier molecular flexibility index (Phi) is 6.36. The van der Waals surface area contributed by atoms with Crippen molar-refractivity contribution in [1.82, 2.24) is 4.90 Å². The summed E-state index contributed by atoms with van der Waals surface area (Å²) in [7, 11) is 0. The predicted molar refractivity (Wildman–Crippen MR) is 135 cm³/mol. The zero-order valence-corrected chi connectivity index (χ0v) is 19.0. The van der Waals surface area contributed by atoms with Gasteiger partial charge >= 0.3 is 0 Å². The number of piperidine rings is 1. The first kappa shape index (κ1) is 21.8.